The smallest absolute Gasteiger partial charge is 0.353 e. The lowest BCUT2D eigenvalue weighted by Crippen LogP contribution is -2.71. The van der Waals surface area contributed by atoms with Crippen LogP contribution in [0.1, 0.15) is 18.2 Å². The van der Waals surface area contributed by atoms with E-state index in [2.05, 4.69) is 15.4 Å². The van der Waals surface area contributed by atoms with E-state index < -0.39 is 35.2 Å². The van der Waals surface area contributed by atoms with Crippen LogP contribution in [0, 0.1) is 0 Å². The molecule has 36 heavy (non-hydrogen) atoms. The summed E-state index contributed by atoms with van der Waals surface area (Å²) in [6.45, 7) is 0.499. The molecule has 2 amide bonds. The lowest BCUT2D eigenvalue weighted by atomic mass is 10.0. The molecule has 3 aliphatic heterocycles. The van der Waals surface area contributed by atoms with Gasteiger partial charge in [0, 0.05) is 35.6 Å². The molecule has 1 aromatic rings. The number of rotatable bonds is 9. The molecule has 192 valence electrons. The van der Waals surface area contributed by atoms with Crippen LogP contribution in [-0.4, -0.2) is 76.9 Å². The Morgan fingerprint density at radius 1 is 1.36 bits per heavy atom. The van der Waals surface area contributed by atoms with Crippen molar-refractivity contribution in [3.63, 3.8) is 0 Å². The zero-order valence-corrected chi connectivity index (χ0v) is 21.2. The van der Waals surface area contributed by atoms with Gasteiger partial charge in [-0.1, -0.05) is 23.9 Å². The van der Waals surface area contributed by atoms with E-state index in [0.29, 0.717) is 34.4 Å². The molecule has 4 heterocycles. The van der Waals surface area contributed by atoms with Crippen molar-refractivity contribution in [1.29, 1.82) is 0 Å². The number of hydroxylamine groups is 1. The number of fused-ring (bicyclic) bond motifs is 1. The average Bonchev–Trinajstić information content (AvgIpc) is 2.86. The molecule has 1 aromatic heterocycles. The number of thioether (sulfide) groups is 2. The van der Waals surface area contributed by atoms with E-state index in [-0.39, 0.29) is 17.2 Å². The molecule has 3 aliphatic rings. The van der Waals surface area contributed by atoms with Gasteiger partial charge in [0.25, 0.3) is 5.91 Å². The first-order chi connectivity index (χ1) is 17.3. The zero-order valence-electron chi connectivity index (χ0n) is 18.7. The Labute approximate surface area is 218 Å². The Morgan fingerprint density at radius 3 is 2.86 bits per heavy atom. The summed E-state index contributed by atoms with van der Waals surface area (Å²) in [4.78, 5) is 43.6. The van der Waals surface area contributed by atoms with Crippen molar-refractivity contribution >= 4 is 64.1 Å². The predicted molar refractivity (Wildman–Crippen MR) is 138 cm³/mol. The number of hydrogen-bond acceptors (Lipinski definition) is 13. The van der Waals surface area contributed by atoms with Gasteiger partial charge in [0.2, 0.25) is 5.91 Å². The highest BCUT2D eigenvalue weighted by Gasteiger charge is 2.54. The molecule has 16 heteroatoms. The number of nitrogen functional groups attached to an aromatic ring is 1. The molecule has 4 rings (SSSR count). The third-order valence-electron chi connectivity index (χ3n) is 5.23. The number of nitrogens with one attached hydrogen (secondary N) is 2. The first-order valence-corrected chi connectivity index (χ1v) is 13.5. The molecule has 0 radical (unpaired) electrons. The van der Waals surface area contributed by atoms with Gasteiger partial charge in [-0.3, -0.25) is 14.5 Å². The van der Waals surface area contributed by atoms with Crippen LogP contribution in [0.5, 0.6) is 0 Å². The van der Waals surface area contributed by atoms with Crippen molar-refractivity contribution in [3.8, 4) is 0 Å². The van der Waals surface area contributed by atoms with Gasteiger partial charge < -0.3 is 27.1 Å². The van der Waals surface area contributed by atoms with Crippen molar-refractivity contribution < 1.29 is 24.7 Å². The number of aliphatic carboxylic acids is 1. The van der Waals surface area contributed by atoms with Crippen molar-refractivity contribution in [1.82, 2.24) is 25.1 Å². The standard InChI is InChI=1S/C20H24N8O5S3/c21-6-8-35-27-7-2-5-13(25-27)36-11-9-34-19-15(18(30)28(19)16(11)20(31)32)24-17(29)14(26-33)10-3-1-4-12(22)23-10/h1-4,7,14-15,19,26,33H,5-6,8-9,21H2,(H2,22,23)(H,24,29)(H,31,32)/t14?,15-,19+/m1/s1. The summed E-state index contributed by atoms with van der Waals surface area (Å²) >= 11 is 4.00. The fraction of sp³-hybridized carbons (Fsp3) is 0.350. The summed E-state index contributed by atoms with van der Waals surface area (Å²) in [5, 5.41) is 26.6. The number of carboxylic acids is 1. The minimum Gasteiger partial charge on any atom is -0.477 e. The maximum Gasteiger partial charge on any atom is 0.353 e. The molecule has 1 saturated heterocycles. The number of β-lactam (4-membered cyclic amide) rings is 1. The highest BCUT2D eigenvalue weighted by molar-refractivity contribution is 8.18. The largest absolute Gasteiger partial charge is 0.477 e. The lowest BCUT2D eigenvalue weighted by Gasteiger charge is -2.49. The number of allylic oxidation sites excluding steroid dienone is 1. The first-order valence-electron chi connectivity index (χ1n) is 10.7. The van der Waals surface area contributed by atoms with Crippen LogP contribution in [0.15, 0.2) is 46.2 Å². The van der Waals surface area contributed by atoms with Crippen LogP contribution in [0.4, 0.5) is 5.82 Å². The quantitative estimate of drug-likeness (QED) is 0.138. The molecule has 3 atom stereocenters. The Hall–Kier alpha value is -2.76. The Morgan fingerprint density at radius 2 is 2.17 bits per heavy atom. The van der Waals surface area contributed by atoms with Crippen LogP contribution in [0.25, 0.3) is 0 Å². The summed E-state index contributed by atoms with van der Waals surface area (Å²) in [6.07, 6.45) is 4.28. The summed E-state index contributed by atoms with van der Waals surface area (Å²) in [5.74, 6) is -1.32. The third kappa shape index (κ3) is 5.47. The second-order valence-electron chi connectivity index (χ2n) is 7.63. The van der Waals surface area contributed by atoms with Crippen LogP contribution in [0.3, 0.4) is 0 Å². The Balaban J connectivity index is 1.47. The third-order valence-corrected chi connectivity index (χ3v) is 8.65. The SMILES string of the molecule is NCCSN1C=CCC(SC2=C(C(=O)O)N3C(=O)[C@@H](NC(=O)C(NO)c4cccc(N)n4)[C@@H]3SC2)=N1. The summed E-state index contributed by atoms with van der Waals surface area (Å²) in [7, 11) is 0. The van der Waals surface area contributed by atoms with Crippen LogP contribution < -0.4 is 22.3 Å². The van der Waals surface area contributed by atoms with Gasteiger partial charge in [-0.05, 0) is 24.1 Å². The minimum atomic E-state index is -1.26. The normalized spacial score (nSPS) is 22.1. The lowest BCUT2D eigenvalue weighted by molar-refractivity contribution is -0.151. The number of nitrogens with zero attached hydrogens (tertiary/aromatic N) is 4. The van der Waals surface area contributed by atoms with E-state index in [0.717, 1.165) is 0 Å². The number of hydrogen-bond donors (Lipinski definition) is 6. The molecule has 0 spiro atoms. The molecule has 1 unspecified atom stereocenters. The molecule has 1 fully saturated rings. The van der Waals surface area contributed by atoms with Gasteiger partial charge in [0.1, 0.15) is 28.0 Å². The van der Waals surface area contributed by atoms with Crippen molar-refractivity contribution in [2.24, 2.45) is 10.8 Å². The number of carbonyl (C=O) groups is 3. The fourth-order valence-electron chi connectivity index (χ4n) is 3.64. The van der Waals surface area contributed by atoms with E-state index in [1.54, 1.807) is 10.5 Å². The van der Waals surface area contributed by atoms with Gasteiger partial charge in [-0.15, -0.1) is 11.8 Å². The zero-order chi connectivity index (χ0) is 25.8. The number of pyridine rings is 1. The second-order valence-corrected chi connectivity index (χ2v) is 10.9. The molecule has 0 aliphatic carbocycles. The van der Waals surface area contributed by atoms with E-state index in [4.69, 9.17) is 11.5 Å². The highest BCUT2D eigenvalue weighted by Crippen LogP contribution is 2.44. The van der Waals surface area contributed by atoms with Crippen LogP contribution in [0.2, 0.25) is 0 Å². The number of amides is 2. The van der Waals surface area contributed by atoms with Gasteiger partial charge in [-0.2, -0.15) is 10.6 Å². The molecule has 13 nitrogen and oxygen atoms in total. The number of aromatic nitrogens is 1. The van der Waals surface area contributed by atoms with Gasteiger partial charge >= 0.3 is 5.97 Å². The number of nitrogens with two attached hydrogens (primary N) is 2. The second kappa shape index (κ2) is 11.5. The Kier molecular flexibility index (Phi) is 8.43. The maximum absolute atomic E-state index is 13.0. The van der Waals surface area contributed by atoms with Gasteiger partial charge in [-0.25, -0.2) is 14.2 Å². The fourth-order valence-corrected chi connectivity index (χ4v) is 6.83. The summed E-state index contributed by atoms with van der Waals surface area (Å²) in [5.41, 5.74) is 13.1. The molecule has 0 aromatic carbocycles. The van der Waals surface area contributed by atoms with Crippen molar-refractivity contribution in [2.75, 3.05) is 23.8 Å². The monoisotopic (exact) mass is 552 g/mol. The molecule has 0 bridgehead atoms. The molecule has 8 N–H and O–H groups in total. The summed E-state index contributed by atoms with van der Waals surface area (Å²) in [6, 6.07) is 2.39. The number of hydrazone groups is 1. The number of anilines is 1. The maximum atomic E-state index is 13.0. The van der Waals surface area contributed by atoms with E-state index in [1.165, 1.54) is 52.5 Å². The topological polar surface area (TPSA) is 200 Å². The van der Waals surface area contributed by atoms with Crippen LogP contribution >= 0.6 is 35.5 Å². The predicted octanol–water partition coefficient (Wildman–Crippen LogP) is 0.253. The highest BCUT2D eigenvalue weighted by atomic mass is 32.2. The van der Waals surface area contributed by atoms with Gasteiger partial charge in [0.15, 0.2) is 6.04 Å². The Bertz CT molecular complexity index is 1150. The van der Waals surface area contributed by atoms with Crippen LogP contribution in [-0.2, 0) is 14.4 Å². The van der Waals surface area contributed by atoms with Crippen molar-refractivity contribution in [3.05, 3.63) is 46.8 Å². The average molecular weight is 553 g/mol. The van der Waals surface area contributed by atoms with E-state index in [1.807, 2.05) is 17.8 Å². The van der Waals surface area contributed by atoms with Gasteiger partial charge in [0.05, 0.1) is 5.69 Å². The molecular formula is C20H24N8O5S3. The number of carboxylic acid groups (broad SMARTS) is 1. The summed E-state index contributed by atoms with van der Waals surface area (Å²) < 4.78 is 1.68. The van der Waals surface area contributed by atoms with Crippen molar-refractivity contribution in [2.45, 2.75) is 23.9 Å². The minimum absolute atomic E-state index is 0.119. The molecular weight excluding hydrogens is 528 g/mol. The van der Waals surface area contributed by atoms with E-state index >= 15 is 0 Å². The number of carbonyl (C=O) groups excluding carboxylic acids is 2. The molecule has 0 saturated carbocycles. The first kappa shape index (κ1) is 26.3. The van der Waals surface area contributed by atoms with E-state index in [9.17, 15) is 24.7 Å².